The van der Waals surface area contributed by atoms with Crippen molar-refractivity contribution in [3.05, 3.63) is 29.0 Å². The summed E-state index contributed by atoms with van der Waals surface area (Å²) in [6, 6.07) is 4.65. The summed E-state index contributed by atoms with van der Waals surface area (Å²) in [4.78, 5) is 4.21. The van der Waals surface area contributed by atoms with Crippen LogP contribution in [0.2, 0.25) is 0 Å². The number of rotatable bonds is 0. The minimum absolute atomic E-state index is 0.193. The van der Waals surface area contributed by atoms with Gasteiger partial charge in [0.1, 0.15) is 5.82 Å². The second kappa shape index (κ2) is 2.27. The van der Waals surface area contributed by atoms with Gasteiger partial charge in [0.05, 0.1) is 15.2 Å². The van der Waals surface area contributed by atoms with Crippen LogP contribution in [0.15, 0.2) is 18.2 Å². The molecule has 1 heterocycles. The first-order chi connectivity index (χ1) is 5.25. The zero-order valence-corrected chi connectivity index (χ0v) is 6.78. The van der Waals surface area contributed by atoms with Gasteiger partial charge in [-0.25, -0.2) is 9.37 Å². The smallest absolute Gasteiger partial charge is 0.124 e. The lowest BCUT2D eigenvalue weighted by atomic mass is 10.3. The summed E-state index contributed by atoms with van der Waals surface area (Å²) < 4.78 is 13.5. The quantitative estimate of drug-likeness (QED) is 0.586. The van der Waals surface area contributed by atoms with Crippen molar-refractivity contribution >= 4 is 21.6 Å². The minimum Gasteiger partial charge on any atom is -0.242 e. The molecule has 0 aliphatic rings. The molecule has 1 aromatic carbocycles. The predicted octanol–water partition coefficient (Wildman–Crippen LogP) is 2.74. The lowest BCUT2D eigenvalue weighted by molar-refractivity contribution is 0.630. The van der Waals surface area contributed by atoms with Gasteiger partial charge in [-0.2, -0.15) is 0 Å². The van der Waals surface area contributed by atoms with Crippen molar-refractivity contribution in [1.29, 1.82) is 0 Å². The topological polar surface area (TPSA) is 12.9 Å². The molecule has 0 radical (unpaired) electrons. The van der Waals surface area contributed by atoms with Crippen LogP contribution in [0.1, 0.15) is 5.01 Å². The van der Waals surface area contributed by atoms with E-state index >= 15 is 0 Å². The summed E-state index contributed by atoms with van der Waals surface area (Å²) >= 11 is 1.52. The van der Waals surface area contributed by atoms with E-state index in [1.165, 1.54) is 23.5 Å². The van der Waals surface area contributed by atoms with Crippen molar-refractivity contribution in [2.45, 2.75) is 6.92 Å². The molecule has 2 aromatic rings. The van der Waals surface area contributed by atoms with E-state index in [0.717, 1.165) is 15.2 Å². The highest BCUT2D eigenvalue weighted by atomic mass is 32.1. The molecule has 0 saturated heterocycles. The summed E-state index contributed by atoms with van der Waals surface area (Å²) in [5.41, 5.74) is 0.883. The number of hydrogen-bond donors (Lipinski definition) is 0. The standard InChI is InChI=1S/C8H6FNS/c1-5-10-7-3-2-6(9)4-8(7)11-5/h2-4H,1H3/i9-1. The van der Waals surface area contributed by atoms with Crippen LogP contribution in [0.4, 0.5) is 4.39 Å². The third-order valence-corrected chi connectivity index (χ3v) is 2.39. The van der Waals surface area contributed by atoms with Gasteiger partial charge in [-0.15, -0.1) is 11.3 Å². The van der Waals surface area contributed by atoms with E-state index in [-0.39, 0.29) is 5.82 Å². The molecule has 0 saturated carbocycles. The maximum Gasteiger partial charge on any atom is 0.124 e. The van der Waals surface area contributed by atoms with Crippen LogP contribution >= 0.6 is 11.3 Å². The van der Waals surface area contributed by atoms with Gasteiger partial charge in [0.2, 0.25) is 0 Å². The van der Waals surface area contributed by atoms with Gasteiger partial charge in [0.25, 0.3) is 0 Å². The van der Waals surface area contributed by atoms with E-state index < -0.39 is 0 Å². The van der Waals surface area contributed by atoms with Crippen molar-refractivity contribution in [2.75, 3.05) is 0 Å². The molecular formula is C8H6FNS. The molecule has 1 nitrogen and oxygen atoms in total. The van der Waals surface area contributed by atoms with Gasteiger partial charge in [-0.1, -0.05) is 0 Å². The molecule has 1 aromatic heterocycles. The molecule has 2 rings (SSSR count). The van der Waals surface area contributed by atoms with Gasteiger partial charge >= 0.3 is 0 Å². The summed E-state index contributed by atoms with van der Waals surface area (Å²) in [6.07, 6.45) is 0. The third-order valence-electron chi connectivity index (χ3n) is 1.46. The molecule has 0 atom stereocenters. The Kier molecular flexibility index (Phi) is 1.39. The fraction of sp³-hybridized carbons (Fsp3) is 0.125. The number of aryl methyl sites for hydroxylation is 1. The molecule has 0 bridgehead atoms. The van der Waals surface area contributed by atoms with E-state index in [0.29, 0.717) is 0 Å². The van der Waals surface area contributed by atoms with Crippen LogP contribution in [-0.2, 0) is 0 Å². The van der Waals surface area contributed by atoms with E-state index in [2.05, 4.69) is 4.98 Å². The number of nitrogens with zero attached hydrogens (tertiary/aromatic N) is 1. The fourth-order valence-electron chi connectivity index (χ4n) is 1.01. The summed E-state index contributed by atoms with van der Waals surface area (Å²) in [7, 11) is 0. The van der Waals surface area contributed by atoms with Crippen molar-refractivity contribution in [3.8, 4) is 0 Å². The second-order valence-electron chi connectivity index (χ2n) is 2.34. The Morgan fingerprint density at radius 3 is 3.09 bits per heavy atom. The normalized spacial score (nSPS) is 10.7. The SMILES string of the molecule is Cc1nc2ccc([18F])cc2s1. The minimum atomic E-state index is -0.193. The Bertz CT molecular complexity index is 394. The molecule has 3 heteroatoms. The van der Waals surface area contributed by atoms with Gasteiger partial charge in [0, 0.05) is 0 Å². The summed E-state index contributed by atoms with van der Waals surface area (Å²) in [5, 5.41) is 0.977. The lowest BCUT2D eigenvalue weighted by Crippen LogP contribution is -1.71. The molecule has 0 N–H and O–H groups in total. The van der Waals surface area contributed by atoms with E-state index in [1.807, 2.05) is 6.92 Å². The highest BCUT2D eigenvalue weighted by Crippen LogP contribution is 2.21. The molecule has 0 amide bonds. The van der Waals surface area contributed by atoms with Crippen LogP contribution in [0.25, 0.3) is 10.2 Å². The lowest BCUT2D eigenvalue weighted by Gasteiger charge is -1.85. The average Bonchev–Trinajstić information content (AvgIpc) is 2.27. The van der Waals surface area contributed by atoms with Crippen LogP contribution in [0.3, 0.4) is 0 Å². The van der Waals surface area contributed by atoms with Crippen LogP contribution in [0, 0.1) is 12.7 Å². The van der Waals surface area contributed by atoms with Crippen LogP contribution in [-0.4, -0.2) is 4.98 Å². The van der Waals surface area contributed by atoms with Gasteiger partial charge < -0.3 is 0 Å². The Morgan fingerprint density at radius 1 is 1.45 bits per heavy atom. The second-order valence-corrected chi connectivity index (χ2v) is 3.58. The number of halogens is 1. The molecule has 56 valence electrons. The number of thiazole rings is 1. The summed E-state index contributed by atoms with van der Waals surface area (Å²) in [6.45, 7) is 1.92. The third kappa shape index (κ3) is 1.12. The number of hydrogen-bond acceptors (Lipinski definition) is 2. The molecular weight excluding hydrogens is 160 g/mol. The Morgan fingerprint density at radius 2 is 2.27 bits per heavy atom. The van der Waals surface area contributed by atoms with Crippen molar-refractivity contribution in [3.63, 3.8) is 0 Å². The predicted molar refractivity (Wildman–Crippen MR) is 44.3 cm³/mol. The highest BCUT2D eigenvalue weighted by molar-refractivity contribution is 7.18. The highest BCUT2D eigenvalue weighted by Gasteiger charge is 1.99. The molecule has 11 heavy (non-hydrogen) atoms. The molecule has 0 fully saturated rings. The maximum absolute atomic E-state index is 12.6. The molecule has 0 unspecified atom stereocenters. The monoisotopic (exact) mass is 166 g/mol. The van der Waals surface area contributed by atoms with E-state index in [9.17, 15) is 4.39 Å². The van der Waals surface area contributed by atoms with Crippen LogP contribution in [0.5, 0.6) is 0 Å². The molecule has 0 spiro atoms. The number of benzene rings is 1. The first-order valence-electron chi connectivity index (χ1n) is 3.28. The zero-order chi connectivity index (χ0) is 7.84. The van der Waals surface area contributed by atoms with Crippen molar-refractivity contribution < 1.29 is 4.39 Å². The Balaban J connectivity index is 2.82. The number of fused-ring (bicyclic) bond motifs is 1. The average molecular weight is 166 g/mol. The zero-order valence-electron chi connectivity index (χ0n) is 5.97. The largest absolute Gasteiger partial charge is 0.242 e. The first kappa shape index (κ1) is 6.73. The van der Waals surface area contributed by atoms with Gasteiger partial charge in [0.15, 0.2) is 0 Å². The van der Waals surface area contributed by atoms with Crippen molar-refractivity contribution in [2.24, 2.45) is 0 Å². The van der Waals surface area contributed by atoms with E-state index in [4.69, 9.17) is 0 Å². The number of aromatic nitrogens is 1. The molecule has 0 aliphatic carbocycles. The van der Waals surface area contributed by atoms with Crippen LogP contribution < -0.4 is 0 Å². The van der Waals surface area contributed by atoms with E-state index in [1.54, 1.807) is 6.07 Å². The maximum atomic E-state index is 12.6. The summed E-state index contributed by atoms with van der Waals surface area (Å²) in [5.74, 6) is -0.193. The van der Waals surface area contributed by atoms with Gasteiger partial charge in [-0.05, 0) is 25.1 Å². The molecule has 0 aliphatic heterocycles. The van der Waals surface area contributed by atoms with Crippen molar-refractivity contribution in [1.82, 2.24) is 4.98 Å². The Hall–Kier alpha value is -0.960. The Labute approximate surface area is 67.5 Å². The first-order valence-corrected chi connectivity index (χ1v) is 4.10. The van der Waals surface area contributed by atoms with Gasteiger partial charge in [-0.3, -0.25) is 0 Å². The fourth-order valence-corrected chi connectivity index (χ4v) is 1.87.